The van der Waals surface area contributed by atoms with Crippen LogP contribution in [0, 0.1) is 29.0 Å². The molecule has 2 amide bonds. The van der Waals surface area contributed by atoms with E-state index in [1.165, 1.54) is 25.4 Å². The number of hydrogen-bond donors (Lipinski definition) is 4. The van der Waals surface area contributed by atoms with Crippen molar-refractivity contribution in [1.82, 2.24) is 25.4 Å². The molecule has 198 valence electrons. The molecule has 0 bridgehead atoms. The van der Waals surface area contributed by atoms with Crippen molar-refractivity contribution in [3.63, 3.8) is 0 Å². The van der Waals surface area contributed by atoms with Crippen LogP contribution in [0.5, 0.6) is 5.88 Å². The zero-order chi connectivity index (χ0) is 26.5. The number of halogens is 1. The molecule has 0 aliphatic heterocycles. The summed E-state index contributed by atoms with van der Waals surface area (Å²) in [6.45, 7) is 4.01. The first-order valence-corrected chi connectivity index (χ1v) is 12.6. The van der Waals surface area contributed by atoms with Crippen LogP contribution in [0.2, 0.25) is 0 Å². The molecule has 0 spiro atoms. The molecule has 2 aromatic heterocycles. The Kier molecular flexibility index (Phi) is 8.20. The van der Waals surface area contributed by atoms with Gasteiger partial charge in [-0.3, -0.25) is 14.3 Å². The predicted molar refractivity (Wildman–Crippen MR) is 137 cm³/mol. The molecular formula is C26H34FN7O3. The van der Waals surface area contributed by atoms with Gasteiger partial charge in [0.25, 0.3) is 5.91 Å². The van der Waals surface area contributed by atoms with Gasteiger partial charge in [-0.2, -0.15) is 5.10 Å². The van der Waals surface area contributed by atoms with E-state index < -0.39 is 17.8 Å². The normalized spacial score (nSPS) is 16.4. The van der Waals surface area contributed by atoms with Crippen molar-refractivity contribution in [2.24, 2.45) is 17.8 Å². The van der Waals surface area contributed by atoms with Crippen LogP contribution in [0.15, 0.2) is 36.4 Å². The zero-order valence-corrected chi connectivity index (χ0v) is 21.3. The number of nitrogens with one attached hydrogen (secondary N) is 4. The Morgan fingerprint density at radius 2 is 1.92 bits per heavy atom. The molecule has 1 unspecified atom stereocenters. The van der Waals surface area contributed by atoms with Gasteiger partial charge in [0.2, 0.25) is 11.8 Å². The predicted octanol–water partition coefficient (Wildman–Crippen LogP) is 2.87. The summed E-state index contributed by atoms with van der Waals surface area (Å²) in [7, 11) is 1.46. The van der Waals surface area contributed by atoms with Gasteiger partial charge in [0, 0.05) is 24.0 Å². The number of carbonyl (C=O) groups is 2. The number of pyridine rings is 1. The third-order valence-electron chi connectivity index (χ3n) is 6.54. The van der Waals surface area contributed by atoms with Gasteiger partial charge in [-0.05, 0) is 69.4 Å². The minimum Gasteiger partial charge on any atom is -0.481 e. The van der Waals surface area contributed by atoms with E-state index in [1.807, 2.05) is 13.8 Å². The van der Waals surface area contributed by atoms with Crippen LogP contribution in [-0.4, -0.2) is 52.0 Å². The van der Waals surface area contributed by atoms with Crippen LogP contribution >= 0.6 is 0 Å². The maximum Gasteiger partial charge on any atom is 0.268 e. The topological polar surface area (TPSA) is 134 Å². The third-order valence-corrected chi connectivity index (χ3v) is 6.54. The highest BCUT2D eigenvalue weighted by molar-refractivity contribution is 6.02. The number of nitrogens with zero attached hydrogens (tertiary/aromatic N) is 3. The highest BCUT2D eigenvalue weighted by Gasteiger charge is 2.48. The molecule has 37 heavy (non-hydrogen) atoms. The summed E-state index contributed by atoms with van der Waals surface area (Å²) in [5.41, 5.74) is 1.23. The lowest BCUT2D eigenvalue weighted by Gasteiger charge is -2.28. The average molecular weight is 512 g/mol. The van der Waals surface area contributed by atoms with Crippen molar-refractivity contribution in [3.05, 3.63) is 47.8 Å². The van der Waals surface area contributed by atoms with E-state index in [2.05, 4.69) is 26.0 Å². The Balaban J connectivity index is 1.50. The lowest BCUT2D eigenvalue weighted by molar-refractivity contribution is -0.126. The number of ether oxygens (including phenoxy) is 1. The molecular weight excluding hydrogens is 477 g/mol. The molecule has 11 heteroatoms. The van der Waals surface area contributed by atoms with E-state index in [4.69, 9.17) is 10.1 Å². The van der Waals surface area contributed by atoms with Gasteiger partial charge in [0.05, 0.1) is 31.7 Å². The van der Waals surface area contributed by atoms with Crippen LogP contribution in [0.3, 0.4) is 0 Å². The molecule has 2 heterocycles. The highest BCUT2D eigenvalue weighted by atomic mass is 19.1. The lowest BCUT2D eigenvalue weighted by Crippen LogP contribution is -2.51. The first-order chi connectivity index (χ1) is 17.8. The van der Waals surface area contributed by atoms with Gasteiger partial charge in [-0.15, -0.1) is 0 Å². The van der Waals surface area contributed by atoms with Crippen molar-refractivity contribution in [1.29, 1.82) is 5.41 Å². The number of allylic oxidation sites excluding steroid dienone is 1. The molecule has 4 rings (SSSR count). The van der Waals surface area contributed by atoms with Crippen LogP contribution in [-0.2, 0) is 16.1 Å². The number of amides is 2. The van der Waals surface area contributed by atoms with Crippen LogP contribution in [0.1, 0.15) is 45.1 Å². The zero-order valence-electron chi connectivity index (χ0n) is 21.3. The Hall–Kier alpha value is -3.76. The number of hydrogen-bond acceptors (Lipinski definition) is 7. The standard InChI is InChI=1S/C26H34FN7O3/c1-15(2)31-21(8-9-28)24(35)33-23(22(16-4-5-16)17-6-7-17)25(36)32-20-12-30-34(14-20)13-18-10-19(27)11-29-26(18)37-3/h8-12,14-17,22-23,28,31H,4-7,13H2,1-3H3,(H,32,36)(H,33,35)/b21-8-,28-9?. The highest BCUT2D eigenvalue weighted by Crippen LogP contribution is 2.50. The fraction of sp³-hybridized carbons (Fsp3) is 0.500. The molecule has 2 fully saturated rings. The molecule has 4 N–H and O–H groups in total. The van der Waals surface area contributed by atoms with E-state index >= 15 is 0 Å². The molecule has 2 aromatic rings. The molecule has 10 nitrogen and oxygen atoms in total. The second-order valence-corrected chi connectivity index (χ2v) is 9.99. The number of rotatable bonds is 13. The van der Waals surface area contributed by atoms with Crippen LogP contribution < -0.4 is 20.7 Å². The van der Waals surface area contributed by atoms with Crippen molar-refractivity contribution in [3.8, 4) is 5.88 Å². The summed E-state index contributed by atoms with van der Waals surface area (Å²) in [5, 5.41) is 20.6. The van der Waals surface area contributed by atoms with Crippen LogP contribution in [0.4, 0.5) is 10.1 Å². The molecule has 0 saturated heterocycles. The van der Waals surface area contributed by atoms with Gasteiger partial charge < -0.3 is 26.1 Å². The maximum absolute atomic E-state index is 13.7. The summed E-state index contributed by atoms with van der Waals surface area (Å²) in [5.74, 6) is -0.0253. The molecule has 2 aliphatic carbocycles. The summed E-state index contributed by atoms with van der Waals surface area (Å²) < 4.78 is 20.4. The smallest absolute Gasteiger partial charge is 0.268 e. The molecule has 0 aromatic carbocycles. The Morgan fingerprint density at radius 3 is 2.51 bits per heavy atom. The molecule has 2 saturated carbocycles. The summed E-state index contributed by atoms with van der Waals surface area (Å²) in [6, 6.07) is 0.605. The van der Waals surface area contributed by atoms with Crippen LogP contribution in [0.25, 0.3) is 0 Å². The number of anilines is 1. The van der Waals surface area contributed by atoms with Gasteiger partial charge in [0.1, 0.15) is 17.6 Å². The third kappa shape index (κ3) is 6.93. The quantitative estimate of drug-likeness (QED) is 0.241. The van der Waals surface area contributed by atoms with Gasteiger partial charge >= 0.3 is 0 Å². The fourth-order valence-corrected chi connectivity index (χ4v) is 4.71. The summed E-state index contributed by atoms with van der Waals surface area (Å²) in [6.07, 6.45) is 10.9. The molecule has 2 aliphatic rings. The number of methoxy groups -OCH3 is 1. The number of carbonyl (C=O) groups excluding carboxylic acids is 2. The minimum atomic E-state index is -0.716. The van der Waals surface area contributed by atoms with Crippen molar-refractivity contribution < 1.29 is 18.7 Å². The van der Waals surface area contributed by atoms with E-state index in [-0.39, 0.29) is 30.1 Å². The minimum absolute atomic E-state index is 0.00959. The Bertz CT molecular complexity index is 1160. The monoisotopic (exact) mass is 511 g/mol. The Labute approximate surface area is 215 Å². The second kappa shape index (κ2) is 11.5. The van der Waals surface area contributed by atoms with Gasteiger partial charge in [0.15, 0.2) is 0 Å². The molecule has 0 radical (unpaired) electrons. The van der Waals surface area contributed by atoms with Gasteiger partial charge in [-0.1, -0.05) is 0 Å². The van der Waals surface area contributed by atoms with E-state index in [9.17, 15) is 14.0 Å². The second-order valence-electron chi connectivity index (χ2n) is 9.99. The first kappa shape index (κ1) is 26.3. The maximum atomic E-state index is 13.7. The summed E-state index contributed by atoms with van der Waals surface area (Å²) >= 11 is 0. The Morgan fingerprint density at radius 1 is 1.22 bits per heavy atom. The number of aromatic nitrogens is 3. The van der Waals surface area contributed by atoms with Crippen molar-refractivity contribution >= 4 is 23.7 Å². The van der Waals surface area contributed by atoms with Gasteiger partial charge in [-0.25, -0.2) is 9.37 Å². The summed E-state index contributed by atoms with van der Waals surface area (Å²) in [4.78, 5) is 30.6. The largest absolute Gasteiger partial charge is 0.481 e. The molecule has 1 atom stereocenters. The first-order valence-electron chi connectivity index (χ1n) is 12.6. The van der Waals surface area contributed by atoms with E-state index in [0.29, 0.717) is 29.0 Å². The van der Waals surface area contributed by atoms with Crippen molar-refractivity contribution in [2.75, 3.05) is 12.4 Å². The average Bonchev–Trinajstić information content (AvgIpc) is 3.79. The fourth-order valence-electron chi connectivity index (χ4n) is 4.71. The lowest BCUT2D eigenvalue weighted by atomic mass is 9.88. The SMILES string of the molecule is COc1ncc(F)cc1Cn1cc(NC(=O)C(NC(=O)/C(=C/C=N)NC(C)C)C(C2CC2)C2CC2)cn1. The van der Waals surface area contributed by atoms with E-state index in [0.717, 1.165) is 38.1 Å². The van der Waals surface area contributed by atoms with Crippen molar-refractivity contribution in [2.45, 2.75) is 58.2 Å². The van der Waals surface area contributed by atoms with E-state index in [1.54, 1.807) is 10.9 Å².